The van der Waals surface area contributed by atoms with Crippen LogP contribution < -0.4 is 15.0 Å². The number of nitriles is 3. The minimum atomic E-state index is -5.10. The summed E-state index contributed by atoms with van der Waals surface area (Å²) in [5.74, 6) is -0.725. The van der Waals surface area contributed by atoms with E-state index in [0.717, 1.165) is 27.8 Å². The van der Waals surface area contributed by atoms with E-state index in [-0.39, 0.29) is 37.5 Å². The number of rotatable bonds is 16. The summed E-state index contributed by atoms with van der Waals surface area (Å²) in [7, 11) is 1.83. The lowest BCUT2D eigenvalue weighted by Crippen LogP contribution is -2.43. The second-order valence-electron chi connectivity index (χ2n) is 13.3. The van der Waals surface area contributed by atoms with Crippen molar-refractivity contribution in [2.75, 3.05) is 38.3 Å². The Hall–Kier alpha value is -7.54. The van der Waals surface area contributed by atoms with Gasteiger partial charge in [0.15, 0.2) is 11.3 Å². The second-order valence-corrected chi connectivity index (χ2v) is 14.4. The van der Waals surface area contributed by atoms with Crippen molar-refractivity contribution in [2.45, 2.75) is 25.3 Å². The van der Waals surface area contributed by atoms with E-state index in [1.54, 1.807) is 30.3 Å². The van der Waals surface area contributed by atoms with Crippen molar-refractivity contribution in [3.63, 3.8) is 0 Å². The predicted molar refractivity (Wildman–Crippen MR) is 224 cm³/mol. The van der Waals surface area contributed by atoms with Gasteiger partial charge in [0.2, 0.25) is 0 Å². The van der Waals surface area contributed by atoms with Crippen LogP contribution in [0.15, 0.2) is 132 Å². The average molecular weight is 846 g/mol. The highest BCUT2D eigenvalue weighted by Crippen LogP contribution is 2.56. The van der Waals surface area contributed by atoms with E-state index in [9.17, 15) is 25.4 Å². The van der Waals surface area contributed by atoms with E-state index in [1.807, 2.05) is 72.6 Å². The number of alkyl carbamates (subject to hydrolysis) is 1. The van der Waals surface area contributed by atoms with Crippen molar-refractivity contribution in [3.8, 4) is 24.0 Å². The number of allylic oxidation sites excluding steroid dienone is 2. The number of halogens is 3. The van der Waals surface area contributed by atoms with Crippen molar-refractivity contribution in [1.29, 1.82) is 15.8 Å². The Morgan fingerprint density at radius 1 is 0.902 bits per heavy atom. The first-order valence-electron chi connectivity index (χ1n) is 18.5. The first-order chi connectivity index (χ1) is 29.3. The number of ether oxygens (including phenoxy) is 4. The Morgan fingerprint density at radius 2 is 1.56 bits per heavy atom. The monoisotopic (exact) mass is 845 g/mol. The van der Waals surface area contributed by atoms with Crippen molar-refractivity contribution < 1.29 is 41.7 Å². The molecule has 1 N–H and O–H groups in total. The third-order valence-electron chi connectivity index (χ3n) is 9.05. The van der Waals surface area contributed by atoms with Gasteiger partial charge in [-0.15, -0.1) is 11.3 Å². The summed E-state index contributed by atoms with van der Waals surface area (Å²) in [6, 6.07) is 30.3. The van der Waals surface area contributed by atoms with E-state index >= 15 is 13.2 Å². The van der Waals surface area contributed by atoms with Crippen molar-refractivity contribution in [2.24, 2.45) is 0 Å². The highest BCUT2D eigenvalue weighted by molar-refractivity contribution is 7.13. The van der Waals surface area contributed by atoms with Crippen molar-refractivity contribution in [3.05, 3.63) is 158 Å². The van der Waals surface area contributed by atoms with Gasteiger partial charge in [-0.2, -0.15) is 29.0 Å². The lowest BCUT2D eigenvalue weighted by Gasteiger charge is -2.33. The van der Waals surface area contributed by atoms with Crippen LogP contribution in [0.5, 0.6) is 5.75 Å². The largest absolute Gasteiger partial charge is 0.488 e. The summed E-state index contributed by atoms with van der Waals surface area (Å²) in [5, 5.41) is 31.6. The summed E-state index contributed by atoms with van der Waals surface area (Å²) in [4.78, 5) is 26.8. The smallest absolute Gasteiger partial charge is 0.437 e. The number of thiophene rings is 1. The molecule has 0 radical (unpaired) electrons. The number of nitrogens with zero attached hydrogens (tertiary/aromatic N) is 4. The normalized spacial score (nSPS) is 14.8. The van der Waals surface area contributed by atoms with E-state index < -0.39 is 46.3 Å². The molecule has 0 saturated heterocycles. The molecule has 1 amide bonds. The number of alkyl halides is 3. The molecule has 2 heterocycles. The maximum Gasteiger partial charge on any atom is 0.437 e. The van der Waals surface area contributed by atoms with Crippen LogP contribution in [0.25, 0.3) is 18.2 Å². The fourth-order valence-corrected chi connectivity index (χ4v) is 6.77. The van der Waals surface area contributed by atoms with Crippen molar-refractivity contribution >= 4 is 47.3 Å². The minimum Gasteiger partial charge on any atom is -0.488 e. The molecule has 1 aliphatic heterocycles. The topological polar surface area (TPSA) is 158 Å². The van der Waals surface area contributed by atoms with Crippen LogP contribution in [-0.4, -0.2) is 51.6 Å². The maximum atomic E-state index is 15.2. The molecule has 5 rings (SSSR count). The lowest BCUT2D eigenvalue weighted by atomic mass is 9.84. The number of carbonyl (C=O) groups excluding carboxylic acids is 2. The molecule has 1 aliphatic rings. The van der Waals surface area contributed by atoms with Gasteiger partial charge < -0.3 is 29.2 Å². The van der Waals surface area contributed by atoms with Gasteiger partial charge in [0.25, 0.3) is 5.60 Å². The summed E-state index contributed by atoms with van der Waals surface area (Å²) in [6.07, 6.45) is 0.489. The number of likely N-dealkylation sites (N-methyl/N-ethyl adjacent to an activating group) is 1. The highest BCUT2D eigenvalue weighted by atomic mass is 32.1. The van der Waals surface area contributed by atoms with Gasteiger partial charge in [0.05, 0.1) is 13.1 Å². The Bertz CT molecular complexity index is 2490. The van der Waals surface area contributed by atoms with Crippen molar-refractivity contribution in [1.82, 2.24) is 5.32 Å². The first-order valence-corrected chi connectivity index (χ1v) is 19.3. The number of benzene rings is 3. The fourth-order valence-electron chi connectivity index (χ4n) is 5.95. The average Bonchev–Trinajstić information content (AvgIpc) is 3.86. The first kappa shape index (κ1) is 44.6. The quantitative estimate of drug-likeness (QED) is 0.0499. The van der Waals surface area contributed by atoms with E-state index in [1.165, 1.54) is 54.7 Å². The van der Waals surface area contributed by atoms with E-state index in [2.05, 4.69) is 11.9 Å². The number of nitrogens with one attached hydrogen (secondary N) is 1. The molecule has 310 valence electrons. The summed E-state index contributed by atoms with van der Waals surface area (Å²) >= 11 is 1.27. The zero-order valence-corrected chi connectivity index (χ0v) is 33.8. The standard InChI is InChI=1S/C46H38F3N5O6S/c1-31(2)43(55)57-24-22-53-44(56)58-25-23-54(3)36-16-14-33(41(26-36)59-30-32-10-6-4-7-11-32)15-17-37-18-19-38(61-37)20-21-40-39(29-52)42(34(27-50)28-51)60-45(40,46(47,48)49)35-12-8-5-9-13-35/h4-21,26H,1,22-25,30H2,2-3H3,(H,53,56)/b17-15+,21-20+. The molecule has 0 fully saturated rings. The fraction of sp³-hybridized carbons (Fsp3) is 0.196. The molecule has 1 aromatic heterocycles. The highest BCUT2D eigenvalue weighted by Gasteiger charge is 2.65. The molecular formula is C46H38F3N5O6S. The molecular weight excluding hydrogens is 808 g/mol. The summed E-state index contributed by atoms with van der Waals surface area (Å²) < 4.78 is 67.5. The van der Waals surface area contributed by atoms with Crippen LogP contribution in [0.2, 0.25) is 0 Å². The van der Waals surface area contributed by atoms with Gasteiger partial charge >= 0.3 is 18.2 Å². The van der Waals surface area contributed by atoms with Crippen LogP contribution in [0.3, 0.4) is 0 Å². The number of amides is 1. The molecule has 1 atom stereocenters. The number of esters is 1. The number of hydrogen-bond acceptors (Lipinski definition) is 11. The molecule has 0 aliphatic carbocycles. The third-order valence-corrected chi connectivity index (χ3v) is 10.1. The molecule has 15 heteroatoms. The molecule has 1 unspecified atom stereocenters. The molecule has 3 aromatic carbocycles. The zero-order chi connectivity index (χ0) is 44.0. The van der Waals surface area contributed by atoms with Gasteiger partial charge in [-0.05, 0) is 55.0 Å². The van der Waals surface area contributed by atoms with E-state index in [0.29, 0.717) is 17.2 Å². The number of hydrogen-bond donors (Lipinski definition) is 1. The van der Waals surface area contributed by atoms with Crippen LogP contribution in [0.4, 0.5) is 23.7 Å². The molecule has 0 saturated carbocycles. The van der Waals surface area contributed by atoms with Gasteiger partial charge in [0.1, 0.15) is 49.4 Å². The van der Waals surface area contributed by atoms with Crippen LogP contribution in [0, 0.1) is 34.0 Å². The molecule has 0 bridgehead atoms. The SMILES string of the molecule is C=C(C)C(=O)OCCNC(=O)OCCN(C)c1ccc(/C=C/c2ccc(/C=C/C3=C(C#N)C(=C(C#N)C#N)OC3(c3ccccc3)C(F)(F)F)s2)c(OCc2ccccc2)c1. The van der Waals surface area contributed by atoms with Gasteiger partial charge in [-0.3, -0.25) is 0 Å². The van der Waals surface area contributed by atoms with Gasteiger partial charge in [0, 0.05) is 50.8 Å². The molecule has 4 aromatic rings. The lowest BCUT2D eigenvalue weighted by molar-refractivity contribution is -0.249. The second kappa shape index (κ2) is 20.4. The van der Waals surface area contributed by atoms with E-state index in [4.69, 9.17) is 18.9 Å². The molecule has 11 nitrogen and oxygen atoms in total. The molecule has 61 heavy (non-hydrogen) atoms. The van der Waals surface area contributed by atoms with Crippen LogP contribution in [-0.2, 0) is 31.2 Å². The predicted octanol–water partition coefficient (Wildman–Crippen LogP) is 9.40. The zero-order valence-electron chi connectivity index (χ0n) is 33.0. The summed E-state index contributed by atoms with van der Waals surface area (Å²) in [5.41, 5.74) is -2.66. The van der Waals surface area contributed by atoms with Crippen LogP contribution >= 0.6 is 11.3 Å². The summed E-state index contributed by atoms with van der Waals surface area (Å²) in [6.45, 7) is 5.77. The minimum absolute atomic E-state index is 0.0211. The Labute approximate surface area is 354 Å². The number of carbonyl (C=O) groups is 2. The maximum absolute atomic E-state index is 15.2. The van der Waals surface area contributed by atoms with Gasteiger partial charge in [-0.1, -0.05) is 73.3 Å². The van der Waals surface area contributed by atoms with Gasteiger partial charge in [-0.25, -0.2) is 9.59 Å². The number of anilines is 1. The third kappa shape index (κ3) is 10.9. The Kier molecular flexibility index (Phi) is 14.9. The molecule has 0 spiro atoms. The Balaban J connectivity index is 1.35. The Morgan fingerprint density at radius 3 is 2.18 bits per heavy atom. The van der Waals surface area contributed by atoms with Crippen LogP contribution in [0.1, 0.15) is 33.4 Å².